The number of rotatable bonds is 2. The summed E-state index contributed by atoms with van der Waals surface area (Å²) in [5.41, 5.74) is 1.94. The van der Waals surface area contributed by atoms with E-state index >= 15 is 0 Å². The molecule has 0 bridgehead atoms. The van der Waals surface area contributed by atoms with Crippen molar-refractivity contribution in [2.75, 3.05) is 31.1 Å². The molecule has 0 unspecified atom stereocenters. The van der Waals surface area contributed by atoms with E-state index in [9.17, 15) is 0 Å². The van der Waals surface area contributed by atoms with Gasteiger partial charge in [0.1, 0.15) is 0 Å². The summed E-state index contributed by atoms with van der Waals surface area (Å²) in [6, 6.07) is 10.7. The van der Waals surface area contributed by atoms with Gasteiger partial charge in [-0.15, -0.1) is 0 Å². The van der Waals surface area contributed by atoms with E-state index < -0.39 is 5.41 Å². The van der Waals surface area contributed by atoms with Crippen molar-refractivity contribution in [2.45, 2.75) is 19.3 Å². The molecule has 0 saturated carbocycles. The molecule has 1 aliphatic rings. The van der Waals surface area contributed by atoms with Gasteiger partial charge in [-0.05, 0) is 31.5 Å². The topological polar surface area (TPSA) is 39.1 Å². The van der Waals surface area contributed by atoms with Gasteiger partial charge in [-0.1, -0.05) is 12.1 Å². The maximum Gasteiger partial charge on any atom is 0.0766 e. The lowest BCUT2D eigenvalue weighted by molar-refractivity contribution is 0.589. The van der Waals surface area contributed by atoms with Gasteiger partial charge in [0.2, 0.25) is 0 Å². The molecule has 1 aliphatic heterocycles. The van der Waals surface area contributed by atoms with Crippen LogP contribution in [0.3, 0.4) is 0 Å². The van der Waals surface area contributed by atoms with Gasteiger partial charge in [0, 0.05) is 31.9 Å². The Morgan fingerprint density at radius 1 is 1.18 bits per heavy atom. The van der Waals surface area contributed by atoms with Crippen LogP contribution in [0.4, 0.5) is 5.69 Å². The Morgan fingerprint density at radius 3 is 2.29 bits per heavy atom. The van der Waals surface area contributed by atoms with Crippen LogP contribution in [-0.2, 0) is 5.41 Å². The summed E-state index contributed by atoms with van der Waals surface area (Å²) in [4.78, 5) is 2.37. The highest BCUT2D eigenvalue weighted by molar-refractivity contribution is 5.49. The summed E-state index contributed by atoms with van der Waals surface area (Å²) >= 11 is 0. The van der Waals surface area contributed by atoms with E-state index in [0.717, 1.165) is 31.7 Å². The fourth-order valence-corrected chi connectivity index (χ4v) is 2.08. The molecule has 1 N–H and O–H groups in total. The van der Waals surface area contributed by atoms with Crippen molar-refractivity contribution in [1.82, 2.24) is 5.32 Å². The highest BCUT2D eigenvalue weighted by atomic mass is 15.2. The van der Waals surface area contributed by atoms with E-state index in [1.807, 2.05) is 13.8 Å². The minimum atomic E-state index is -0.401. The van der Waals surface area contributed by atoms with E-state index in [-0.39, 0.29) is 0 Å². The van der Waals surface area contributed by atoms with Crippen LogP contribution in [0.2, 0.25) is 0 Å². The summed E-state index contributed by atoms with van der Waals surface area (Å²) < 4.78 is 0. The summed E-state index contributed by atoms with van der Waals surface area (Å²) in [7, 11) is 0. The Balaban J connectivity index is 2.15. The van der Waals surface area contributed by atoms with Gasteiger partial charge in [-0.25, -0.2) is 0 Å². The molecule has 1 heterocycles. The van der Waals surface area contributed by atoms with E-state index in [4.69, 9.17) is 5.26 Å². The third kappa shape index (κ3) is 2.59. The van der Waals surface area contributed by atoms with Crippen LogP contribution in [0.25, 0.3) is 0 Å². The molecule has 3 nitrogen and oxygen atoms in total. The molecule has 0 radical (unpaired) electrons. The molecule has 17 heavy (non-hydrogen) atoms. The maximum absolute atomic E-state index is 9.10. The average Bonchev–Trinajstić information content (AvgIpc) is 2.40. The van der Waals surface area contributed by atoms with Crippen molar-refractivity contribution < 1.29 is 0 Å². The number of piperazine rings is 1. The van der Waals surface area contributed by atoms with Gasteiger partial charge < -0.3 is 10.2 Å². The van der Waals surface area contributed by atoms with E-state index in [0.29, 0.717) is 0 Å². The molecule has 0 atom stereocenters. The first-order chi connectivity index (χ1) is 8.13. The number of nitrogens with one attached hydrogen (secondary N) is 1. The lowest BCUT2D eigenvalue weighted by Crippen LogP contribution is -2.43. The normalized spacial score (nSPS) is 16.6. The smallest absolute Gasteiger partial charge is 0.0766 e. The molecule has 1 saturated heterocycles. The number of benzene rings is 1. The zero-order valence-corrected chi connectivity index (χ0v) is 10.5. The van der Waals surface area contributed by atoms with E-state index in [2.05, 4.69) is 40.6 Å². The van der Waals surface area contributed by atoms with Gasteiger partial charge in [-0.3, -0.25) is 0 Å². The van der Waals surface area contributed by atoms with Crippen LogP contribution >= 0.6 is 0 Å². The Morgan fingerprint density at radius 2 is 1.76 bits per heavy atom. The highest BCUT2D eigenvalue weighted by Crippen LogP contribution is 2.25. The molecular formula is C14H19N3. The molecular weight excluding hydrogens is 210 g/mol. The molecule has 1 aromatic carbocycles. The van der Waals surface area contributed by atoms with Gasteiger partial charge in [0.15, 0.2) is 0 Å². The van der Waals surface area contributed by atoms with Crippen molar-refractivity contribution in [3.05, 3.63) is 29.8 Å². The van der Waals surface area contributed by atoms with E-state index in [1.54, 1.807) is 0 Å². The number of anilines is 1. The van der Waals surface area contributed by atoms with Crippen molar-refractivity contribution in [2.24, 2.45) is 0 Å². The largest absolute Gasteiger partial charge is 0.369 e. The fraction of sp³-hybridized carbons (Fsp3) is 0.500. The fourth-order valence-electron chi connectivity index (χ4n) is 2.08. The average molecular weight is 229 g/mol. The predicted molar refractivity (Wildman–Crippen MR) is 70.2 cm³/mol. The van der Waals surface area contributed by atoms with Crippen molar-refractivity contribution >= 4 is 5.69 Å². The van der Waals surface area contributed by atoms with Gasteiger partial charge >= 0.3 is 0 Å². The third-order valence-electron chi connectivity index (χ3n) is 3.35. The number of nitrogens with zero attached hydrogens (tertiary/aromatic N) is 2. The van der Waals surface area contributed by atoms with Crippen LogP contribution < -0.4 is 10.2 Å². The predicted octanol–water partition coefficient (Wildman–Crippen LogP) is 1.90. The quantitative estimate of drug-likeness (QED) is 0.842. The molecule has 1 fully saturated rings. The second kappa shape index (κ2) is 4.77. The second-order valence-corrected chi connectivity index (χ2v) is 5.02. The second-order valence-electron chi connectivity index (χ2n) is 5.02. The number of hydrogen-bond donors (Lipinski definition) is 1. The van der Waals surface area contributed by atoms with Crippen LogP contribution in [-0.4, -0.2) is 26.2 Å². The number of hydrogen-bond acceptors (Lipinski definition) is 3. The van der Waals surface area contributed by atoms with E-state index in [1.165, 1.54) is 5.69 Å². The summed E-state index contributed by atoms with van der Waals surface area (Å²) in [6.07, 6.45) is 0. The molecule has 3 heteroatoms. The summed E-state index contributed by atoms with van der Waals surface area (Å²) in [6.45, 7) is 8.11. The van der Waals surface area contributed by atoms with Crippen molar-refractivity contribution in [1.29, 1.82) is 5.26 Å². The van der Waals surface area contributed by atoms with Crippen LogP contribution in [0, 0.1) is 11.3 Å². The molecule has 1 aromatic rings. The monoisotopic (exact) mass is 229 g/mol. The summed E-state index contributed by atoms with van der Waals surface area (Å²) in [5.74, 6) is 0. The molecule has 90 valence electrons. The first-order valence-corrected chi connectivity index (χ1v) is 6.11. The molecule has 0 amide bonds. The third-order valence-corrected chi connectivity index (χ3v) is 3.35. The Labute approximate surface area is 103 Å². The van der Waals surface area contributed by atoms with Crippen LogP contribution in [0.5, 0.6) is 0 Å². The van der Waals surface area contributed by atoms with Gasteiger partial charge in [0.05, 0.1) is 11.5 Å². The summed E-state index contributed by atoms with van der Waals surface area (Å²) in [5, 5.41) is 12.4. The minimum absolute atomic E-state index is 0.401. The first-order valence-electron chi connectivity index (χ1n) is 6.11. The molecule has 0 spiro atoms. The van der Waals surface area contributed by atoms with Gasteiger partial charge in [-0.2, -0.15) is 5.26 Å². The lowest BCUT2D eigenvalue weighted by atomic mass is 9.86. The highest BCUT2D eigenvalue weighted by Gasteiger charge is 2.19. The van der Waals surface area contributed by atoms with Crippen LogP contribution in [0.15, 0.2) is 24.3 Å². The first kappa shape index (κ1) is 11.9. The van der Waals surface area contributed by atoms with Crippen LogP contribution in [0.1, 0.15) is 19.4 Å². The zero-order valence-electron chi connectivity index (χ0n) is 10.5. The lowest BCUT2D eigenvalue weighted by Gasteiger charge is -2.30. The standard InChI is InChI=1S/C14H19N3/c1-14(2,11-15)12-3-5-13(6-4-12)17-9-7-16-8-10-17/h3-6,16H,7-10H2,1-2H3. The van der Waals surface area contributed by atoms with Crippen molar-refractivity contribution in [3.8, 4) is 6.07 Å². The zero-order chi connectivity index (χ0) is 12.3. The Bertz CT molecular complexity index is 408. The molecule has 0 aromatic heterocycles. The van der Waals surface area contributed by atoms with Gasteiger partial charge in [0.25, 0.3) is 0 Å². The Hall–Kier alpha value is -1.53. The molecule has 0 aliphatic carbocycles. The van der Waals surface area contributed by atoms with Crippen molar-refractivity contribution in [3.63, 3.8) is 0 Å². The Kier molecular flexibility index (Phi) is 3.35. The maximum atomic E-state index is 9.10. The minimum Gasteiger partial charge on any atom is -0.369 e. The number of nitriles is 1. The molecule has 2 rings (SSSR count). The SMILES string of the molecule is CC(C)(C#N)c1ccc(N2CCNCC2)cc1.